The lowest BCUT2D eigenvalue weighted by molar-refractivity contribution is -0.231. The minimum absolute atomic E-state index is 0.102. The molecule has 2 spiro atoms. The minimum Gasteiger partial charge on any atom is -0.310 e. The highest BCUT2D eigenvalue weighted by Gasteiger charge is 2.84. The average Bonchev–Trinajstić information content (AvgIpc) is 4.18. The monoisotopic (exact) mass is 894 g/mol. The normalized spacial score (nSPS) is 23.0. The van der Waals surface area contributed by atoms with E-state index in [0.29, 0.717) is 5.41 Å². The standard InChI is InChI=1S/C68H50N2/c1-3-15-45(16-4-1)52-24-13-17-46-18-14-25-57(66(46)52)55-22-8-11-27-61(55)69(51-34-35-54-53-21-7-10-26-59(53)68(60(54)41-51)64-38-43-37-48-40-65(68)67(48,64)42-43)50-32-29-44(30-33-50)47-31-36-63-58(39-47)56-23-9-12-28-62(56)70(63)49-19-5-2-6-20-49/h1-36,39,41,43,48,64-65H,37-38,40,42H2. The molecule has 0 aliphatic heterocycles. The van der Waals surface area contributed by atoms with Crippen LogP contribution >= 0.6 is 0 Å². The van der Waals surface area contributed by atoms with Crippen LogP contribution < -0.4 is 4.90 Å². The Hall–Kier alpha value is -7.94. The van der Waals surface area contributed by atoms with E-state index < -0.39 is 0 Å². The highest BCUT2D eigenvalue weighted by Crippen LogP contribution is 2.89. The van der Waals surface area contributed by atoms with Crippen molar-refractivity contribution < 1.29 is 0 Å². The van der Waals surface area contributed by atoms with E-state index in [1.165, 1.54) is 120 Å². The first-order chi connectivity index (χ1) is 34.7. The van der Waals surface area contributed by atoms with Crippen LogP contribution in [0.5, 0.6) is 0 Å². The molecule has 5 aliphatic carbocycles. The molecule has 6 unspecified atom stereocenters. The van der Waals surface area contributed by atoms with Crippen molar-refractivity contribution in [3.05, 3.63) is 242 Å². The second-order valence-electron chi connectivity index (χ2n) is 21.2. The third-order valence-corrected chi connectivity index (χ3v) is 18.4. The summed E-state index contributed by atoms with van der Waals surface area (Å²) >= 11 is 0. The lowest BCUT2D eigenvalue weighted by Crippen LogP contribution is -2.73. The number of benzene rings is 10. The second-order valence-corrected chi connectivity index (χ2v) is 21.2. The maximum absolute atomic E-state index is 2.65. The predicted octanol–water partition coefficient (Wildman–Crippen LogP) is 17.7. The smallest absolute Gasteiger partial charge is 0.0541 e. The highest BCUT2D eigenvalue weighted by molar-refractivity contribution is 6.11. The van der Waals surface area contributed by atoms with Crippen LogP contribution in [0.25, 0.3) is 82.8 Å². The van der Waals surface area contributed by atoms with Gasteiger partial charge in [-0.3, -0.25) is 0 Å². The third-order valence-electron chi connectivity index (χ3n) is 18.4. The Morgan fingerprint density at radius 1 is 0.414 bits per heavy atom. The van der Waals surface area contributed by atoms with Crippen molar-refractivity contribution in [2.45, 2.75) is 31.1 Å². The zero-order chi connectivity index (χ0) is 45.7. The van der Waals surface area contributed by atoms with Crippen molar-refractivity contribution in [2.75, 3.05) is 4.90 Å². The van der Waals surface area contributed by atoms with Crippen LogP contribution in [0.3, 0.4) is 0 Å². The number of hydrogen-bond acceptors (Lipinski definition) is 1. The fraction of sp³-hybridized carbons (Fsp3) is 0.147. The van der Waals surface area contributed by atoms with Gasteiger partial charge in [-0.1, -0.05) is 170 Å². The molecule has 6 atom stereocenters. The molecule has 11 aromatic rings. The lowest BCUT2D eigenvalue weighted by Gasteiger charge is -2.76. The fourth-order valence-corrected chi connectivity index (χ4v) is 16.0. The summed E-state index contributed by atoms with van der Waals surface area (Å²) in [7, 11) is 0. The van der Waals surface area contributed by atoms with Crippen molar-refractivity contribution in [3.8, 4) is 50.2 Å². The summed E-state index contributed by atoms with van der Waals surface area (Å²) < 4.78 is 2.40. The second kappa shape index (κ2) is 14.3. The summed E-state index contributed by atoms with van der Waals surface area (Å²) in [6, 6.07) is 86.7. The summed E-state index contributed by atoms with van der Waals surface area (Å²) in [5, 5.41) is 5.06. The summed E-state index contributed by atoms with van der Waals surface area (Å²) in [6.07, 6.45) is 5.73. The van der Waals surface area contributed by atoms with E-state index in [0.717, 1.165) is 29.4 Å². The van der Waals surface area contributed by atoms with E-state index >= 15 is 0 Å². The van der Waals surface area contributed by atoms with Crippen molar-refractivity contribution in [1.82, 2.24) is 4.57 Å². The molecular formula is C68H50N2. The summed E-state index contributed by atoms with van der Waals surface area (Å²) in [5.41, 5.74) is 21.3. The average molecular weight is 895 g/mol. The topological polar surface area (TPSA) is 8.17 Å². The summed E-state index contributed by atoms with van der Waals surface area (Å²) in [4.78, 5) is 2.58. The van der Waals surface area contributed by atoms with Crippen LogP contribution in [-0.4, -0.2) is 4.57 Å². The summed E-state index contributed by atoms with van der Waals surface area (Å²) in [5.74, 6) is 3.33. The number of para-hydroxylation sites is 3. The molecule has 0 N–H and O–H groups in total. The molecule has 10 aromatic carbocycles. The highest BCUT2D eigenvalue weighted by atomic mass is 15.1. The Morgan fingerprint density at radius 3 is 1.91 bits per heavy atom. The maximum Gasteiger partial charge on any atom is 0.0541 e. The van der Waals surface area contributed by atoms with Crippen LogP contribution in [0.2, 0.25) is 0 Å². The van der Waals surface area contributed by atoms with Gasteiger partial charge in [0.15, 0.2) is 0 Å². The molecule has 2 nitrogen and oxygen atoms in total. The molecule has 332 valence electrons. The van der Waals surface area contributed by atoms with Crippen LogP contribution in [0.1, 0.15) is 36.8 Å². The van der Waals surface area contributed by atoms with Crippen molar-refractivity contribution in [1.29, 1.82) is 0 Å². The fourth-order valence-electron chi connectivity index (χ4n) is 16.0. The molecule has 5 aliphatic rings. The minimum atomic E-state index is 0.102. The van der Waals surface area contributed by atoms with E-state index in [-0.39, 0.29) is 5.41 Å². The first kappa shape index (κ1) is 39.0. The zero-order valence-electron chi connectivity index (χ0n) is 39.0. The van der Waals surface area contributed by atoms with Gasteiger partial charge in [-0.15, -0.1) is 0 Å². The first-order valence-electron chi connectivity index (χ1n) is 25.6. The largest absolute Gasteiger partial charge is 0.310 e. The quantitative estimate of drug-likeness (QED) is 0.155. The van der Waals surface area contributed by atoms with Crippen molar-refractivity contribution >= 4 is 49.6 Å². The van der Waals surface area contributed by atoms with Gasteiger partial charge in [0.1, 0.15) is 0 Å². The molecule has 0 radical (unpaired) electrons. The van der Waals surface area contributed by atoms with Gasteiger partial charge in [0.2, 0.25) is 0 Å². The number of nitrogens with zero attached hydrogens (tertiary/aromatic N) is 2. The first-order valence-corrected chi connectivity index (χ1v) is 25.6. The van der Waals surface area contributed by atoms with Gasteiger partial charge in [0.25, 0.3) is 0 Å². The van der Waals surface area contributed by atoms with E-state index in [2.05, 4.69) is 240 Å². The van der Waals surface area contributed by atoms with E-state index in [4.69, 9.17) is 0 Å². The van der Waals surface area contributed by atoms with Gasteiger partial charge in [-0.05, 0) is 176 Å². The Kier molecular flexibility index (Phi) is 7.97. The van der Waals surface area contributed by atoms with Gasteiger partial charge < -0.3 is 9.47 Å². The molecule has 0 saturated heterocycles. The third kappa shape index (κ3) is 5.03. The molecule has 70 heavy (non-hydrogen) atoms. The van der Waals surface area contributed by atoms with Crippen LogP contribution in [0.4, 0.5) is 17.1 Å². The Balaban J connectivity index is 0.883. The molecule has 1 heterocycles. The molecule has 16 rings (SSSR count). The van der Waals surface area contributed by atoms with E-state index in [1.54, 1.807) is 11.1 Å². The molecule has 0 amide bonds. The number of aromatic nitrogens is 1. The number of hydrogen-bond donors (Lipinski definition) is 0. The van der Waals surface area contributed by atoms with Gasteiger partial charge >= 0.3 is 0 Å². The lowest BCUT2D eigenvalue weighted by atomic mass is 9.27. The zero-order valence-corrected chi connectivity index (χ0v) is 39.0. The molecule has 2 heteroatoms. The molecule has 2 bridgehead atoms. The van der Waals surface area contributed by atoms with Gasteiger partial charge in [0, 0.05) is 38.8 Å². The molecule has 4 saturated carbocycles. The Labute approximate surface area is 409 Å². The Morgan fingerprint density at radius 2 is 1.07 bits per heavy atom. The Bertz CT molecular complexity index is 3930. The van der Waals surface area contributed by atoms with Crippen molar-refractivity contribution in [3.63, 3.8) is 0 Å². The molecule has 4 fully saturated rings. The van der Waals surface area contributed by atoms with E-state index in [1.807, 2.05) is 0 Å². The molecular weight excluding hydrogens is 845 g/mol. The number of fused-ring (bicyclic) bond motifs is 12. The molecule has 1 aromatic heterocycles. The predicted molar refractivity (Wildman–Crippen MR) is 290 cm³/mol. The van der Waals surface area contributed by atoms with Crippen LogP contribution in [-0.2, 0) is 5.41 Å². The van der Waals surface area contributed by atoms with Gasteiger partial charge in [0.05, 0.1) is 16.7 Å². The van der Waals surface area contributed by atoms with Crippen LogP contribution in [0, 0.1) is 29.1 Å². The van der Waals surface area contributed by atoms with Crippen LogP contribution in [0.15, 0.2) is 231 Å². The van der Waals surface area contributed by atoms with Gasteiger partial charge in [-0.25, -0.2) is 0 Å². The van der Waals surface area contributed by atoms with E-state index in [9.17, 15) is 0 Å². The number of anilines is 3. The van der Waals surface area contributed by atoms with Crippen molar-refractivity contribution in [2.24, 2.45) is 29.1 Å². The number of rotatable bonds is 7. The summed E-state index contributed by atoms with van der Waals surface area (Å²) in [6.45, 7) is 0. The van der Waals surface area contributed by atoms with Gasteiger partial charge in [-0.2, -0.15) is 0 Å². The maximum atomic E-state index is 2.65. The SMILES string of the molecule is c1ccc(-c2cccc3cccc(-c4ccccc4N(c4ccc(-c5ccc6c(c5)c5ccccc5n6-c5ccccc5)cc4)c4ccc5c(c4)C4(c6ccccc6-5)C5CC6CC7CC4C75C6)c23)cc1.